The van der Waals surface area contributed by atoms with E-state index >= 15 is 0 Å². The van der Waals surface area contributed by atoms with Crippen LogP contribution in [-0.4, -0.2) is 36.1 Å². The number of nitrogens with zero attached hydrogens (tertiary/aromatic N) is 1. The van der Waals surface area contributed by atoms with Gasteiger partial charge in [-0.1, -0.05) is 0 Å². The minimum Gasteiger partial charge on any atom is -0.488 e. The third-order valence-corrected chi connectivity index (χ3v) is 2.73. The normalized spacial score (nSPS) is 12.4. The quantitative estimate of drug-likeness (QED) is 0.428. The van der Waals surface area contributed by atoms with Crippen molar-refractivity contribution in [3.05, 3.63) is 33.9 Å². The number of ether oxygens (including phenoxy) is 3. The van der Waals surface area contributed by atoms with Crippen LogP contribution >= 0.6 is 0 Å². The van der Waals surface area contributed by atoms with Gasteiger partial charge in [-0.05, 0) is 26.8 Å². The maximum Gasteiger partial charge on any atom is 0.270 e. The summed E-state index contributed by atoms with van der Waals surface area (Å²) in [5.41, 5.74) is 0.264. The summed E-state index contributed by atoms with van der Waals surface area (Å²) in [6.45, 7) is 6.32. The lowest BCUT2D eigenvalue weighted by molar-refractivity contribution is -0.385. The Morgan fingerprint density at radius 1 is 1.29 bits per heavy atom. The van der Waals surface area contributed by atoms with Gasteiger partial charge in [0, 0.05) is 30.9 Å². The molecule has 1 atom stereocenters. The van der Waals surface area contributed by atoms with Crippen LogP contribution in [0, 0.1) is 10.1 Å². The van der Waals surface area contributed by atoms with Crippen molar-refractivity contribution in [3.63, 3.8) is 0 Å². The van der Waals surface area contributed by atoms with E-state index in [9.17, 15) is 15.2 Å². The van der Waals surface area contributed by atoms with Gasteiger partial charge in [0.05, 0.1) is 11.0 Å². The summed E-state index contributed by atoms with van der Waals surface area (Å²) >= 11 is 0. The summed E-state index contributed by atoms with van der Waals surface area (Å²) in [5, 5.41) is 20.5. The lowest BCUT2D eigenvalue weighted by Gasteiger charge is -2.19. The van der Waals surface area contributed by atoms with E-state index in [0.717, 1.165) is 0 Å². The number of aliphatic hydroxyl groups excluding tert-OH is 1. The third kappa shape index (κ3) is 5.30. The zero-order chi connectivity index (χ0) is 15.8. The molecule has 1 aromatic carbocycles. The van der Waals surface area contributed by atoms with Crippen molar-refractivity contribution in [2.24, 2.45) is 0 Å². The average Bonchev–Trinajstić information content (AvgIpc) is 2.44. The Morgan fingerprint density at radius 2 is 1.90 bits per heavy atom. The van der Waals surface area contributed by atoms with Gasteiger partial charge in [0.1, 0.15) is 12.4 Å². The molecule has 7 nitrogen and oxygen atoms in total. The largest absolute Gasteiger partial charge is 0.488 e. The molecule has 0 bridgehead atoms. The average molecular weight is 299 g/mol. The number of rotatable bonds is 9. The van der Waals surface area contributed by atoms with Crippen molar-refractivity contribution >= 4 is 5.69 Å². The smallest absolute Gasteiger partial charge is 0.270 e. The van der Waals surface area contributed by atoms with E-state index in [4.69, 9.17) is 14.2 Å². The summed E-state index contributed by atoms with van der Waals surface area (Å²) in [5.74, 6) is 0.375. The highest BCUT2D eigenvalue weighted by atomic mass is 16.7. The molecule has 1 aromatic rings. The SMILES string of the molecule is CCOC(COc1ccc([N+](=O)[O-])cc1[C@H](C)O)OCC. The molecule has 118 valence electrons. The summed E-state index contributed by atoms with van der Waals surface area (Å²) in [6, 6.07) is 4.10. The lowest BCUT2D eigenvalue weighted by atomic mass is 10.1. The van der Waals surface area contributed by atoms with E-state index in [1.165, 1.54) is 25.1 Å². The van der Waals surface area contributed by atoms with Gasteiger partial charge in [-0.15, -0.1) is 0 Å². The molecule has 1 N–H and O–H groups in total. The van der Waals surface area contributed by atoms with Gasteiger partial charge >= 0.3 is 0 Å². The number of aliphatic hydroxyl groups is 1. The molecular weight excluding hydrogens is 278 g/mol. The summed E-state index contributed by atoms with van der Waals surface area (Å²) in [4.78, 5) is 10.3. The molecule has 0 saturated heterocycles. The maximum atomic E-state index is 10.8. The molecule has 21 heavy (non-hydrogen) atoms. The number of benzene rings is 1. The molecule has 0 saturated carbocycles. The van der Waals surface area contributed by atoms with E-state index in [1.54, 1.807) is 0 Å². The van der Waals surface area contributed by atoms with Gasteiger partial charge in [-0.3, -0.25) is 10.1 Å². The van der Waals surface area contributed by atoms with Crippen LogP contribution in [-0.2, 0) is 9.47 Å². The first-order valence-corrected chi connectivity index (χ1v) is 6.82. The molecule has 0 radical (unpaired) electrons. The van der Waals surface area contributed by atoms with E-state index in [0.29, 0.717) is 24.5 Å². The molecule has 0 fully saturated rings. The van der Waals surface area contributed by atoms with E-state index in [-0.39, 0.29) is 12.3 Å². The Bertz CT molecular complexity index is 457. The van der Waals surface area contributed by atoms with Crippen molar-refractivity contribution in [2.45, 2.75) is 33.2 Å². The fraction of sp³-hybridized carbons (Fsp3) is 0.571. The van der Waals surface area contributed by atoms with Crippen molar-refractivity contribution in [1.29, 1.82) is 0 Å². The standard InChI is InChI=1S/C14H21NO6/c1-4-19-14(20-5-2)9-21-13-7-6-11(15(17)18)8-12(13)10(3)16/h6-8,10,14,16H,4-5,9H2,1-3H3/t10-/m0/s1. The Morgan fingerprint density at radius 3 is 2.38 bits per heavy atom. The van der Waals surface area contributed by atoms with Gasteiger partial charge in [-0.2, -0.15) is 0 Å². The topological polar surface area (TPSA) is 91.1 Å². The van der Waals surface area contributed by atoms with Gasteiger partial charge < -0.3 is 19.3 Å². The molecule has 0 unspecified atom stereocenters. The number of nitro groups is 1. The minimum absolute atomic E-state index is 0.0931. The van der Waals surface area contributed by atoms with Gasteiger partial charge in [-0.25, -0.2) is 0 Å². The van der Waals surface area contributed by atoms with Gasteiger partial charge in [0.2, 0.25) is 0 Å². The zero-order valence-corrected chi connectivity index (χ0v) is 12.4. The van der Waals surface area contributed by atoms with Crippen LogP contribution in [0.1, 0.15) is 32.4 Å². The number of hydrogen-bond donors (Lipinski definition) is 1. The first-order chi connectivity index (χ1) is 9.99. The fourth-order valence-electron chi connectivity index (χ4n) is 1.78. The number of non-ortho nitro benzene ring substituents is 1. The first kappa shape index (κ1) is 17.4. The van der Waals surface area contributed by atoms with E-state index < -0.39 is 17.3 Å². The Kier molecular flexibility index (Phi) is 7.07. The van der Waals surface area contributed by atoms with Crippen LogP contribution in [0.4, 0.5) is 5.69 Å². The van der Waals surface area contributed by atoms with Crippen LogP contribution in [0.25, 0.3) is 0 Å². The predicted molar refractivity (Wildman–Crippen MR) is 76.3 cm³/mol. The predicted octanol–water partition coefficient (Wildman–Crippen LogP) is 2.43. The molecule has 1 rings (SSSR count). The van der Waals surface area contributed by atoms with E-state index in [2.05, 4.69) is 0 Å². The molecule has 0 spiro atoms. The highest BCUT2D eigenvalue weighted by Crippen LogP contribution is 2.29. The van der Waals surface area contributed by atoms with Crippen molar-refractivity contribution < 1.29 is 24.2 Å². The van der Waals surface area contributed by atoms with E-state index in [1.807, 2.05) is 13.8 Å². The van der Waals surface area contributed by atoms with Crippen LogP contribution in [0.5, 0.6) is 5.75 Å². The summed E-state index contributed by atoms with van der Waals surface area (Å²) in [6.07, 6.45) is -1.39. The molecule has 0 aliphatic carbocycles. The van der Waals surface area contributed by atoms with Crippen molar-refractivity contribution in [2.75, 3.05) is 19.8 Å². The van der Waals surface area contributed by atoms with Crippen molar-refractivity contribution in [3.8, 4) is 5.75 Å². The number of hydrogen-bond acceptors (Lipinski definition) is 6. The summed E-state index contributed by atoms with van der Waals surface area (Å²) < 4.78 is 16.3. The summed E-state index contributed by atoms with van der Waals surface area (Å²) in [7, 11) is 0. The second kappa shape index (κ2) is 8.56. The Balaban J connectivity index is 2.84. The molecular formula is C14H21NO6. The molecule has 0 amide bonds. The van der Waals surface area contributed by atoms with Crippen LogP contribution in [0.2, 0.25) is 0 Å². The maximum absolute atomic E-state index is 10.8. The highest BCUT2D eigenvalue weighted by Gasteiger charge is 2.17. The minimum atomic E-state index is -0.877. The Labute approximate surface area is 123 Å². The zero-order valence-electron chi connectivity index (χ0n) is 12.4. The molecule has 0 aliphatic rings. The fourth-order valence-corrected chi connectivity index (χ4v) is 1.78. The third-order valence-electron chi connectivity index (χ3n) is 2.73. The van der Waals surface area contributed by atoms with Gasteiger partial charge in [0.25, 0.3) is 5.69 Å². The first-order valence-electron chi connectivity index (χ1n) is 6.82. The second-order valence-electron chi connectivity index (χ2n) is 4.31. The number of nitro benzene ring substituents is 1. The second-order valence-corrected chi connectivity index (χ2v) is 4.31. The van der Waals surface area contributed by atoms with Crippen LogP contribution in [0.15, 0.2) is 18.2 Å². The van der Waals surface area contributed by atoms with Crippen LogP contribution in [0.3, 0.4) is 0 Å². The van der Waals surface area contributed by atoms with Crippen LogP contribution < -0.4 is 4.74 Å². The molecule has 7 heteroatoms. The van der Waals surface area contributed by atoms with Gasteiger partial charge in [0.15, 0.2) is 6.29 Å². The molecule has 0 aliphatic heterocycles. The van der Waals surface area contributed by atoms with Crippen molar-refractivity contribution in [1.82, 2.24) is 0 Å². The monoisotopic (exact) mass is 299 g/mol. The molecule has 0 aromatic heterocycles. The molecule has 0 heterocycles. The highest BCUT2D eigenvalue weighted by molar-refractivity contribution is 5.44. The Hall–Kier alpha value is -1.70. The lowest BCUT2D eigenvalue weighted by Crippen LogP contribution is -2.25.